The summed E-state index contributed by atoms with van der Waals surface area (Å²) in [5, 5.41) is 0.147. The summed E-state index contributed by atoms with van der Waals surface area (Å²) < 4.78 is 16.2. The number of halogens is 2. The molecule has 102 valence electrons. The third-order valence-electron chi connectivity index (χ3n) is 4.25. The number of nitrogens with zero attached hydrogens (tertiary/aromatic N) is 1. The van der Waals surface area contributed by atoms with Gasteiger partial charge in [0.25, 0.3) is 0 Å². The Morgan fingerprint density at radius 1 is 1.42 bits per heavy atom. The van der Waals surface area contributed by atoms with Crippen molar-refractivity contribution < 1.29 is 4.39 Å². The Morgan fingerprint density at radius 2 is 2.11 bits per heavy atom. The molecule has 1 saturated carbocycles. The standard InChI is InChI=1S/C14H16ClFN2S/c1-8(9-4-2-3-5-9)18-13-6-10(15)11(16)7-12(13)17-14(18)19/h6-9H,2-5H2,1H3,(H,17,19). The molecule has 0 aliphatic heterocycles. The Bertz CT molecular complexity index is 670. The van der Waals surface area contributed by atoms with Crippen LogP contribution in [0, 0.1) is 16.5 Å². The maximum absolute atomic E-state index is 13.5. The quantitative estimate of drug-likeness (QED) is 0.752. The van der Waals surface area contributed by atoms with E-state index < -0.39 is 5.82 Å². The van der Waals surface area contributed by atoms with Gasteiger partial charge in [0.2, 0.25) is 0 Å². The van der Waals surface area contributed by atoms with E-state index >= 15 is 0 Å². The van der Waals surface area contributed by atoms with Gasteiger partial charge in [0.15, 0.2) is 4.77 Å². The van der Waals surface area contributed by atoms with Crippen LogP contribution in [-0.4, -0.2) is 9.55 Å². The molecule has 0 saturated heterocycles. The Morgan fingerprint density at radius 3 is 2.79 bits per heavy atom. The fourth-order valence-electron chi connectivity index (χ4n) is 3.18. The summed E-state index contributed by atoms with van der Waals surface area (Å²) in [5.74, 6) is 0.237. The molecule has 0 radical (unpaired) electrons. The zero-order chi connectivity index (χ0) is 13.6. The first-order valence-corrected chi connectivity index (χ1v) is 7.46. The third kappa shape index (κ3) is 2.21. The zero-order valence-electron chi connectivity index (χ0n) is 10.7. The van der Waals surface area contributed by atoms with Gasteiger partial charge < -0.3 is 9.55 Å². The van der Waals surface area contributed by atoms with Crippen LogP contribution in [0.3, 0.4) is 0 Å². The minimum Gasteiger partial charge on any atom is -0.330 e. The van der Waals surface area contributed by atoms with Gasteiger partial charge >= 0.3 is 0 Å². The van der Waals surface area contributed by atoms with Crippen molar-refractivity contribution >= 4 is 34.9 Å². The Labute approximate surface area is 121 Å². The lowest BCUT2D eigenvalue weighted by Crippen LogP contribution is -2.14. The lowest BCUT2D eigenvalue weighted by molar-refractivity contribution is 0.365. The number of aromatic nitrogens is 2. The van der Waals surface area contributed by atoms with Gasteiger partial charge in [-0.05, 0) is 44.0 Å². The highest BCUT2D eigenvalue weighted by Gasteiger charge is 2.24. The summed E-state index contributed by atoms with van der Waals surface area (Å²) in [4.78, 5) is 3.08. The average molecular weight is 299 g/mol. The summed E-state index contributed by atoms with van der Waals surface area (Å²) in [6.07, 6.45) is 5.06. The summed E-state index contributed by atoms with van der Waals surface area (Å²) in [6.45, 7) is 2.19. The van der Waals surface area contributed by atoms with Gasteiger partial charge in [0.1, 0.15) is 5.82 Å². The number of rotatable bonds is 2. The molecule has 5 heteroatoms. The van der Waals surface area contributed by atoms with E-state index in [1.807, 2.05) is 0 Å². The maximum atomic E-state index is 13.5. The van der Waals surface area contributed by atoms with Gasteiger partial charge in [0, 0.05) is 12.1 Å². The Balaban J connectivity index is 2.14. The first-order chi connectivity index (χ1) is 9.08. The molecule has 1 aromatic heterocycles. The molecule has 1 N–H and O–H groups in total. The van der Waals surface area contributed by atoms with E-state index in [0.29, 0.717) is 16.7 Å². The average Bonchev–Trinajstić information content (AvgIpc) is 2.97. The van der Waals surface area contributed by atoms with Crippen LogP contribution in [0.4, 0.5) is 4.39 Å². The number of hydrogen-bond donors (Lipinski definition) is 1. The van der Waals surface area contributed by atoms with Gasteiger partial charge in [-0.2, -0.15) is 0 Å². The molecule has 2 nitrogen and oxygen atoms in total. The lowest BCUT2D eigenvalue weighted by atomic mass is 9.99. The molecule has 0 spiro atoms. The monoisotopic (exact) mass is 298 g/mol. The molecule has 19 heavy (non-hydrogen) atoms. The van der Waals surface area contributed by atoms with E-state index in [1.165, 1.54) is 31.7 Å². The van der Waals surface area contributed by atoms with Crippen molar-refractivity contribution in [2.75, 3.05) is 0 Å². The fourth-order valence-corrected chi connectivity index (χ4v) is 3.71. The van der Waals surface area contributed by atoms with E-state index in [1.54, 1.807) is 6.07 Å². The SMILES string of the molecule is CC(C1CCCC1)n1c(=S)[nH]c2cc(F)c(Cl)cc21. The molecule has 1 aliphatic carbocycles. The first kappa shape index (κ1) is 13.1. The number of fused-ring (bicyclic) bond motifs is 1. The number of hydrogen-bond acceptors (Lipinski definition) is 1. The lowest BCUT2D eigenvalue weighted by Gasteiger charge is -2.21. The van der Waals surface area contributed by atoms with Crippen LogP contribution < -0.4 is 0 Å². The number of aromatic amines is 1. The predicted octanol–water partition coefficient (Wildman–Crippen LogP) is 5.24. The second-order valence-electron chi connectivity index (χ2n) is 5.37. The van der Waals surface area contributed by atoms with Crippen molar-refractivity contribution in [1.29, 1.82) is 0 Å². The van der Waals surface area contributed by atoms with Crippen LogP contribution >= 0.6 is 23.8 Å². The van der Waals surface area contributed by atoms with Gasteiger partial charge in [-0.25, -0.2) is 4.39 Å². The summed E-state index contributed by atoms with van der Waals surface area (Å²) >= 11 is 11.3. The van der Waals surface area contributed by atoms with Crippen LogP contribution in [0.2, 0.25) is 5.02 Å². The van der Waals surface area contributed by atoms with Crippen molar-refractivity contribution in [1.82, 2.24) is 9.55 Å². The molecule has 1 fully saturated rings. The molecule has 1 heterocycles. The van der Waals surface area contributed by atoms with Gasteiger partial charge in [0.05, 0.1) is 16.1 Å². The smallest absolute Gasteiger partial charge is 0.178 e. The molecule has 2 aromatic rings. The second-order valence-corrected chi connectivity index (χ2v) is 6.16. The van der Waals surface area contributed by atoms with Crippen molar-refractivity contribution in [3.63, 3.8) is 0 Å². The highest BCUT2D eigenvalue weighted by molar-refractivity contribution is 7.71. The molecule has 3 rings (SSSR count). The first-order valence-electron chi connectivity index (χ1n) is 6.67. The van der Waals surface area contributed by atoms with Gasteiger partial charge in [-0.3, -0.25) is 0 Å². The minimum absolute atomic E-state index is 0.147. The molecular formula is C14H16ClFN2S. The van der Waals surface area contributed by atoms with Crippen LogP contribution in [0.15, 0.2) is 12.1 Å². The van der Waals surface area contributed by atoms with Crippen molar-refractivity contribution in [3.05, 3.63) is 27.7 Å². The molecule has 1 aliphatic rings. The number of benzene rings is 1. The maximum Gasteiger partial charge on any atom is 0.178 e. The van der Waals surface area contributed by atoms with E-state index in [9.17, 15) is 4.39 Å². The topological polar surface area (TPSA) is 20.7 Å². The molecule has 0 bridgehead atoms. The largest absolute Gasteiger partial charge is 0.330 e. The van der Waals surface area contributed by atoms with Crippen LogP contribution in [0.1, 0.15) is 38.6 Å². The van der Waals surface area contributed by atoms with Crippen molar-refractivity contribution in [2.24, 2.45) is 5.92 Å². The van der Waals surface area contributed by atoms with E-state index in [4.69, 9.17) is 23.8 Å². The second kappa shape index (κ2) is 4.91. The number of nitrogens with one attached hydrogen (secondary N) is 1. The highest BCUT2D eigenvalue weighted by Crippen LogP contribution is 2.36. The van der Waals surface area contributed by atoms with Crippen LogP contribution in [0.5, 0.6) is 0 Å². The minimum atomic E-state index is -0.411. The number of H-pyrrole nitrogens is 1. The molecule has 0 amide bonds. The predicted molar refractivity (Wildman–Crippen MR) is 78.8 cm³/mol. The number of imidazole rings is 1. The highest BCUT2D eigenvalue weighted by atomic mass is 35.5. The van der Waals surface area contributed by atoms with E-state index in [-0.39, 0.29) is 5.02 Å². The summed E-state index contributed by atoms with van der Waals surface area (Å²) in [7, 11) is 0. The van der Waals surface area contributed by atoms with E-state index in [2.05, 4.69) is 16.5 Å². The molecule has 1 atom stereocenters. The fraction of sp³-hybridized carbons (Fsp3) is 0.500. The van der Waals surface area contributed by atoms with Crippen LogP contribution in [-0.2, 0) is 0 Å². The molecule has 1 unspecified atom stereocenters. The Hall–Kier alpha value is -0.870. The summed E-state index contributed by atoms with van der Waals surface area (Å²) in [6, 6.07) is 3.42. The van der Waals surface area contributed by atoms with E-state index in [0.717, 1.165) is 11.0 Å². The van der Waals surface area contributed by atoms with Gasteiger partial charge in [-0.15, -0.1) is 0 Å². The van der Waals surface area contributed by atoms with Crippen LogP contribution in [0.25, 0.3) is 11.0 Å². The Kier molecular flexibility index (Phi) is 3.39. The van der Waals surface area contributed by atoms with Crippen molar-refractivity contribution in [3.8, 4) is 0 Å². The zero-order valence-corrected chi connectivity index (χ0v) is 12.3. The normalized spacial score (nSPS) is 18.3. The molecule has 1 aromatic carbocycles. The summed E-state index contributed by atoms with van der Waals surface area (Å²) in [5.41, 5.74) is 1.62. The molecular weight excluding hydrogens is 283 g/mol. The third-order valence-corrected chi connectivity index (χ3v) is 4.84. The van der Waals surface area contributed by atoms with Gasteiger partial charge in [-0.1, -0.05) is 24.4 Å². The van der Waals surface area contributed by atoms with Crippen molar-refractivity contribution in [2.45, 2.75) is 38.6 Å².